The van der Waals surface area contributed by atoms with E-state index >= 15 is 0 Å². The molecule has 1 aromatic rings. The predicted octanol–water partition coefficient (Wildman–Crippen LogP) is 2.65. The minimum absolute atomic E-state index is 0.0360. The molecule has 0 saturated carbocycles. The Bertz CT molecular complexity index is 564. The van der Waals surface area contributed by atoms with Crippen LogP contribution in [0.25, 0.3) is 0 Å². The van der Waals surface area contributed by atoms with E-state index in [-0.39, 0.29) is 16.7 Å². The second-order valence-corrected chi connectivity index (χ2v) is 3.97. The van der Waals surface area contributed by atoms with Crippen LogP contribution in [0.2, 0.25) is 10.0 Å². The molecule has 1 aliphatic rings. The lowest BCUT2D eigenvalue weighted by Gasteiger charge is -1.99. The molecule has 17 heavy (non-hydrogen) atoms. The van der Waals surface area contributed by atoms with Gasteiger partial charge in [0.25, 0.3) is 0 Å². The summed E-state index contributed by atoms with van der Waals surface area (Å²) in [6.07, 6.45) is 2.11. The first kappa shape index (κ1) is 11.8. The number of cyclic esters (lactones) is 1. The summed E-state index contributed by atoms with van der Waals surface area (Å²) in [5.41, 5.74) is 0.338. The molecule has 0 atom stereocenters. The Morgan fingerprint density at radius 3 is 2.65 bits per heavy atom. The van der Waals surface area contributed by atoms with Gasteiger partial charge in [-0.05, 0) is 18.2 Å². The molecule has 0 aromatic heterocycles. The third-order valence-electron chi connectivity index (χ3n) is 1.96. The van der Waals surface area contributed by atoms with Crippen molar-refractivity contribution < 1.29 is 14.3 Å². The van der Waals surface area contributed by atoms with Gasteiger partial charge in [0, 0.05) is 11.6 Å². The van der Waals surface area contributed by atoms with Crippen LogP contribution in [0, 0.1) is 0 Å². The molecule has 0 aliphatic carbocycles. The average molecular weight is 270 g/mol. The Morgan fingerprint density at radius 2 is 2.06 bits per heavy atom. The Balaban J connectivity index is 2.23. The van der Waals surface area contributed by atoms with E-state index < -0.39 is 5.97 Å². The normalized spacial score (nSPS) is 16.4. The van der Waals surface area contributed by atoms with Crippen LogP contribution in [-0.4, -0.2) is 18.0 Å². The molecule has 0 amide bonds. The Kier molecular flexibility index (Phi) is 3.26. The molecular weight excluding hydrogens is 265 g/mol. The van der Waals surface area contributed by atoms with Crippen LogP contribution < -0.4 is 0 Å². The van der Waals surface area contributed by atoms with Crippen LogP contribution in [0.1, 0.15) is 10.4 Å². The lowest BCUT2D eigenvalue weighted by Crippen LogP contribution is -1.98. The largest absolute Gasteiger partial charge is 0.403 e. The summed E-state index contributed by atoms with van der Waals surface area (Å²) in [5, 5.41) is 0.643. The summed E-state index contributed by atoms with van der Waals surface area (Å²) in [7, 11) is 0. The topological polar surface area (TPSA) is 55.7 Å². The third-order valence-corrected chi connectivity index (χ3v) is 2.70. The molecule has 0 saturated heterocycles. The first-order chi connectivity index (χ1) is 8.06. The highest BCUT2D eigenvalue weighted by atomic mass is 35.5. The van der Waals surface area contributed by atoms with E-state index in [1.54, 1.807) is 0 Å². The van der Waals surface area contributed by atoms with Gasteiger partial charge in [0.05, 0.1) is 10.0 Å². The van der Waals surface area contributed by atoms with E-state index in [0.29, 0.717) is 10.6 Å². The fourth-order valence-corrected chi connectivity index (χ4v) is 1.48. The number of aliphatic imine (C=N–C) groups is 1. The lowest BCUT2D eigenvalue weighted by molar-refractivity contribution is -0.129. The van der Waals surface area contributed by atoms with Crippen molar-refractivity contribution in [3.63, 3.8) is 0 Å². The second kappa shape index (κ2) is 4.69. The maximum absolute atomic E-state index is 11.7. The quantitative estimate of drug-likeness (QED) is 0.471. The Hall–Kier alpha value is -1.65. The predicted molar refractivity (Wildman–Crippen MR) is 63.5 cm³/mol. The van der Waals surface area contributed by atoms with Crippen molar-refractivity contribution >= 4 is 41.2 Å². The standard InChI is InChI=1S/C11H5Cl2NO3/c12-7-2-1-6(3-8(7)13)9(15)4-10-14-5-11(16)17-10/h1-5H. The number of carbonyl (C=O) groups is 2. The minimum Gasteiger partial charge on any atom is -0.403 e. The van der Waals surface area contributed by atoms with Gasteiger partial charge in [-0.2, -0.15) is 0 Å². The van der Waals surface area contributed by atoms with E-state index in [4.69, 9.17) is 23.2 Å². The highest BCUT2D eigenvalue weighted by molar-refractivity contribution is 6.42. The summed E-state index contributed by atoms with van der Waals surface area (Å²) >= 11 is 11.5. The van der Waals surface area contributed by atoms with E-state index in [1.807, 2.05) is 0 Å². The molecule has 0 N–H and O–H groups in total. The molecule has 2 rings (SSSR count). The van der Waals surface area contributed by atoms with Crippen LogP contribution in [0.15, 0.2) is 35.2 Å². The van der Waals surface area contributed by atoms with Crippen molar-refractivity contribution in [1.29, 1.82) is 0 Å². The zero-order chi connectivity index (χ0) is 12.4. The number of allylic oxidation sites excluding steroid dienone is 1. The van der Waals surface area contributed by atoms with Crippen molar-refractivity contribution in [2.75, 3.05) is 0 Å². The number of benzene rings is 1. The van der Waals surface area contributed by atoms with Gasteiger partial charge in [-0.15, -0.1) is 0 Å². The smallest absolute Gasteiger partial charge is 0.356 e. The molecule has 1 aliphatic heterocycles. The molecule has 0 radical (unpaired) electrons. The first-order valence-corrected chi connectivity index (χ1v) is 5.29. The first-order valence-electron chi connectivity index (χ1n) is 4.53. The number of carbonyl (C=O) groups excluding carboxylic acids is 2. The number of hydrogen-bond acceptors (Lipinski definition) is 4. The lowest BCUT2D eigenvalue weighted by atomic mass is 10.1. The van der Waals surface area contributed by atoms with Gasteiger partial charge in [0.15, 0.2) is 5.78 Å². The molecule has 0 bridgehead atoms. The van der Waals surface area contributed by atoms with Crippen LogP contribution in [0.5, 0.6) is 0 Å². The average Bonchev–Trinajstić information content (AvgIpc) is 2.68. The van der Waals surface area contributed by atoms with Gasteiger partial charge in [0.1, 0.15) is 6.21 Å². The summed E-state index contributed by atoms with van der Waals surface area (Å²) in [5.74, 6) is -1.00. The van der Waals surface area contributed by atoms with Crippen LogP contribution in [0.3, 0.4) is 0 Å². The van der Waals surface area contributed by atoms with Crippen molar-refractivity contribution in [1.82, 2.24) is 0 Å². The molecule has 0 spiro atoms. The number of ketones is 1. The SMILES string of the molecule is O=C1C=NC(=CC(=O)c2ccc(Cl)c(Cl)c2)O1. The number of esters is 1. The zero-order valence-corrected chi connectivity index (χ0v) is 9.83. The van der Waals surface area contributed by atoms with E-state index in [9.17, 15) is 9.59 Å². The number of hydrogen-bond donors (Lipinski definition) is 0. The highest BCUT2D eigenvalue weighted by Crippen LogP contribution is 2.23. The minimum atomic E-state index is -0.599. The molecule has 6 heteroatoms. The van der Waals surface area contributed by atoms with Crippen LogP contribution in [0.4, 0.5) is 0 Å². The van der Waals surface area contributed by atoms with Crippen LogP contribution in [-0.2, 0) is 9.53 Å². The molecular formula is C11H5Cl2NO3. The fraction of sp³-hybridized carbons (Fsp3) is 0. The van der Waals surface area contributed by atoms with Crippen molar-refractivity contribution in [3.8, 4) is 0 Å². The van der Waals surface area contributed by atoms with Gasteiger partial charge in [-0.3, -0.25) is 4.79 Å². The van der Waals surface area contributed by atoms with Gasteiger partial charge in [0.2, 0.25) is 5.88 Å². The third kappa shape index (κ3) is 2.72. The summed E-state index contributed by atoms with van der Waals surface area (Å²) in [6.45, 7) is 0. The molecule has 86 valence electrons. The zero-order valence-electron chi connectivity index (χ0n) is 8.31. The number of ether oxygens (including phenoxy) is 1. The monoisotopic (exact) mass is 269 g/mol. The summed E-state index contributed by atoms with van der Waals surface area (Å²) in [4.78, 5) is 26.0. The van der Waals surface area contributed by atoms with Crippen molar-refractivity contribution in [2.24, 2.45) is 4.99 Å². The Labute approximate surface area is 106 Å². The van der Waals surface area contributed by atoms with Crippen molar-refractivity contribution in [3.05, 3.63) is 45.8 Å². The summed E-state index contributed by atoms with van der Waals surface area (Å²) in [6, 6.07) is 4.47. The Morgan fingerprint density at radius 1 is 1.29 bits per heavy atom. The maximum atomic E-state index is 11.7. The molecule has 0 fully saturated rings. The molecule has 4 nitrogen and oxygen atoms in total. The van der Waals surface area contributed by atoms with Crippen LogP contribution >= 0.6 is 23.2 Å². The number of halogens is 2. The van der Waals surface area contributed by atoms with Crippen molar-refractivity contribution in [2.45, 2.75) is 0 Å². The number of nitrogens with zero attached hydrogens (tertiary/aromatic N) is 1. The van der Waals surface area contributed by atoms with E-state index in [2.05, 4.69) is 9.73 Å². The fourth-order valence-electron chi connectivity index (χ4n) is 1.18. The maximum Gasteiger partial charge on any atom is 0.356 e. The van der Waals surface area contributed by atoms with Gasteiger partial charge >= 0.3 is 5.97 Å². The van der Waals surface area contributed by atoms with E-state index in [1.165, 1.54) is 18.2 Å². The second-order valence-electron chi connectivity index (χ2n) is 3.16. The van der Waals surface area contributed by atoms with Gasteiger partial charge in [-0.25, -0.2) is 9.79 Å². The summed E-state index contributed by atoms with van der Waals surface area (Å²) < 4.78 is 4.63. The molecule has 1 aromatic carbocycles. The molecule has 1 heterocycles. The highest BCUT2D eigenvalue weighted by Gasteiger charge is 2.14. The number of rotatable bonds is 2. The van der Waals surface area contributed by atoms with Gasteiger partial charge in [-0.1, -0.05) is 23.2 Å². The molecule has 0 unspecified atom stereocenters. The van der Waals surface area contributed by atoms with Gasteiger partial charge < -0.3 is 4.74 Å². The van der Waals surface area contributed by atoms with E-state index in [0.717, 1.165) is 12.3 Å².